The number of hydrogen-bond donors (Lipinski definition) is 1. The lowest BCUT2D eigenvalue weighted by atomic mass is 10.2. The molecule has 2 heteroatoms. The number of hydrogen-bond acceptors (Lipinski definition) is 2. The van der Waals surface area contributed by atoms with Crippen LogP contribution < -0.4 is 5.32 Å². The Hall–Kier alpha value is -1.64. The van der Waals surface area contributed by atoms with E-state index in [1.54, 1.807) is 0 Å². The molecular weight excluding hydrogens is 234 g/mol. The van der Waals surface area contributed by atoms with E-state index in [1.165, 1.54) is 11.1 Å². The molecule has 0 spiro atoms. The Morgan fingerprint density at radius 2 is 1.47 bits per heavy atom. The summed E-state index contributed by atoms with van der Waals surface area (Å²) in [7, 11) is 0. The summed E-state index contributed by atoms with van der Waals surface area (Å²) in [4.78, 5) is 0. The molecule has 0 amide bonds. The lowest BCUT2D eigenvalue weighted by Gasteiger charge is -2.14. The highest BCUT2D eigenvalue weighted by Crippen LogP contribution is 2.03. The molecule has 0 heterocycles. The highest BCUT2D eigenvalue weighted by molar-refractivity contribution is 5.14. The Morgan fingerprint density at radius 1 is 0.895 bits per heavy atom. The van der Waals surface area contributed by atoms with Crippen molar-refractivity contribution in [2.75, 3.05) is 6.54 Å². The van der Waals surface area contributed by atoms with E-state index in [9.17, 15) is 0 Å². The van der Waals surface area contributed by atoms with Crippen LogP contribution in [0.2, 0.25) is 0 Å². The molecule has 0 radical (unpaired) electrons. The Bertz CT molecular complexity index is 455. The molecule has 0 saturated heterocycles. The average molecular weight is 255 g/mol. The van der Waals surface area contributed by atoms with Crippen molar-refractivity contribution in [2.45, 2.75) is 26.2 Å². The first-order valence-corrected chi connectivity index (χ1v) is 6.75. The van der Waals surface area contributed by atoms with Crippen molar-refractivity contribution in [3.05, 3.63) is 71.8 Å². The second-order valence-electron chi connectivity index (χ2n) is 4.72. The molecule has 100 valence electrons. The van der Waals surface area contributed by atoms with Crippen LogP contribution >= 0.6 is 0 Å². The highest BCUT2D eigenvalue weighted by Gasteiger charge is 2.02. The fraction of sp³-hybridized carbons (Fsp3) is 0.294. The third kappa shape index (κ3) is 5.25. The van der Waals surface area contributed by atoms with Gasteiger partial charge in [0.25, 0.3) is 0 Å². The smallest absolute Gasteiger partial charge is 0.0721 e. The van der Waals surface area contributed by atoms with Gasteiger partial charge in [-0.1, -0.05) is 60.7 Å². The van der Waals surface area contributed by atoms with Crippen LogP contribution in [0.1, 0.15) is 18.1 Å². The predicted octanol–water partition coefficient (Wildman–Crippen LogP) is 3.38. The van der Waals surface area contributed by atoms with Crippen molar-refractivity contribution in [3.63, 3.8) is 0 Å². The lowest BCUT2D eigenvalue weighted by Crippen LogP contribution is -2.26. The summed E-state index contributed by atoms with van der Waals surface area (Å²) in [6.45, 7) is 4.53. The second-order valence-corrected chi connectivity index (χ2v) is 4.72. The summed E-state index contributed by atoms with van der Waals surface area (Å²) in [6.07, 6.45) is 0.212. The Kier molecular flexibility index (Phi) is 5.60. The molecule has 1 N–H and O–H groups in total. The van der Waals surface area contributed by atoms with E-state index >= 15 is 0 Å². The van der Waals surface area contributed by atoms with Gasteiger partial charge < -0.3 is 10.1 Å². The molecular formula is C17H21NO. The molecule has 0 bridgehead atoms. The summed E-state index contributed by atoms with van der Waals surface area (Å²) in [5.74, 6) is 0. The summed E-state index contributed by atoms with van der Waals surface area (Å²) >= 11 is 0. The number of rotatable bonds is 7. The molecule has 0 aliphatic heterocycles. The summed E-state index contributed by atoms with van der Waals surface area (Å²) in [5.41, 5.74) is 2.52. The van der Waals surface area contributed by atoms with Crippen molar-refractivity contribution in [1.82, 2.24) is 5.32 Å². The average Bonchev–Trinajstić information content (AvgIpc) is 2.47. The molecule has 2 rings (SSSR count). The molecule has 2 nitrogen and oxygen atoms in total. The van der Waals surface area contributed by atoms with Gasteiger partial charge in [0.2, 0.25) is 0 Å². The van der Waals surface area contributed by atoms with Crippen molar-refractivity contribution in [1.29, 1.82) is 0 Å². The maximum absolute atomic E-state index is 5.80. The molecule has 19 heavy (non-hydrogen) atoms. The van der Waals surface area contributed by atoms with Gasteiger partial charge in [-0.3, -0.25) is 0 Å². The van der Waals surface area contributed by atoms with E-state index in [0.717, 1.165) is 13.1 Å². The fourth-order valence-corrected chi connectivity index (χ4v) is 1.89. The number of ether oxygens (including phenoxy) is 1. The van der Waals surface area contributed by atoms with Gasteiger partial charge in [-0.2, -0.15) is 0 Å². The van der Waals surface area contributed by atoms with Crippen molar-refractivity contribution < 1.29 is 4.74 Å². The lowest BCUT2D eigenvalue weighted by molar-refractivity contribution is 0.0530. The van der Waals surface area contributed by atoms with Crippen molar-refractivity contribution in [2.24, 2.45) is 0 Å². The van der Waals surface area contributed by atoms with Gasteiger partial charge in [0, 0.05) is 13.1 Å². The summed E-state index contributed by atoms with van der Waals surface area (Å²) in [5, 5.41) is 3.41. The van der Waals surface area contributed by atoms with Crippen LogP contribution in [0.15, 0.2) is 60.7 Å². The first-order valence-electron chi connectivity index (χ1n) is 6.75. The van der Waals surface area contributed by atoms with Crippen LogP contribution in [-0.4, -0.2) is 12.6 Å². The Labute approximate surface area is 115 Å². The molecule has 1 atom stereocenters. The minimum Gasteiger partial charge on any atom is -0.373 e. The van der Waals surface area contributed by atoms with Gasteiger partial charge in [-0.25, -0.2) is 0 Å². The standard InChI is InChI=1S/C17H21NO/c1-15(19-14-17-10-6-3-7-11-17)12-18-13-16-8-4-2-5-9-16/h2-11,15,18H,12-14H2,1H3/t15-/m0/s1. The van der Waals surface area contributed by atoms with Crippen LogP contribution in [0.3, 0.4) is 0 Å². The molecule has 2 aromatic rings. The third-order valence-corrected chi connectivity index (χ3v) is 2.98. The van der Waals surface area contributed by atoms with Crippen LogP contribution in [0.4, 0.5) is 0 Å². The zero-order valence-corrected chi connectivity index (χ0v) is 11.4. The Morgan fingerprint density at radius 3 is 2.11 bits per heavy atom. The van der Waals surface area contributed by atoms with Crippen LogP contribution in [0, 0.1) is 0 Å². The van der Waals surface area contributed by atoms with Crippen molar-refractivity contribution in [3.8, 4) is 0 Å². The maximum Gasteiger partial charge on any atom is 0.0721 e. The SMILES string of the molecule is C[C@@H](CNCc1ccccc1)OCc1ccccc1. The largest absolute Gasteiger partial charge is 0.373 e. The molecule has 0 aliphatic carbocycles. The molecule has 0 unspecified atom stereocenters. The van der Waals surface area contributed by atoms with E-state index < -0.39 is 0 Å². The molecule has 0 aromatic heterocycles. The number of benzene rings is 2. The summed E-state index contributed by atoms with van der Waals surface area (Å²) < 4.78 is 5.80. The van der Waals surface area contributed by atoms with Gasteiger partial charge in [0.05, 0.1) is 12.7 Å². The zero-order chi connectivity index (χ0) is 13.3. The predicted molar refractivity (Wildman–Crippen MR) is 78.8 cm³/mol. The third-order valence-electron chi connectivity index (χ3n) is 2.98. The molecule has 0 saturated carbocycles. The Balaban J connectivity index is 1.64. The summed E-state index contributed by atoms with van der Waals surface area (Å²) in [6, 6.07) is 20.7. The number of nitrogens with one attached hydrogen (secondary N) is 1. The van der Waals surface area contributed by atoms with E-state index in [4.69, 9.17) is 4.74 Å². The second kappa shape index (κ2) is 7.72. The van der Waals surface area contributed by atoms with E-state index in [1.807, 2.05) is 24.3 Å². The van der Waals surface area contributed by atoms with E-state index in [0.29, 0.717) is 6.61 Å². The first-order chi connectivity index (χ1) is 9.34. The van der Waals surface area contributed by atoms with Gasteiger partial charge in [-0.05, 0) is 18.1 Å². The van der Waals surface area contributed by atoms with Crippen LogP contribution in [-0.2, 0) is 17.9 Å². The quantitative estimate of drug-likeness (QED) is 0.819. The molecule has 0 fully saturated rings. The minimum absolute atomic E-state index is 0.212. The first kappa shape index (κ1) is 13.8. The molecule has 0 aliphatic rings. The van der Waals surface area contributed by atoms with Crippen LogP contribution in [0.25, 0.3) is 0 Å². The van der Waals surface area contributed by atoms with Crippen molar-refractivity contribution >= 4 is 0 Å². The molecule has 2 aromatic carbocycles. The topological polar surface area (TPSA) is 21.3 Å². The van der Waals surface area contributed by atoms with Crippen LogP contribution in [0.5, 0.6) is 0 Å². The zero-order valence-electron chi connectivity index (χ0n) is 11.4. The van der Waals surface area contributed by atoms with E-state index in [-0.39, 0.29) is 6.10 Å². The van der Waals surface area contributed by atoms with E-state index in [2.05, 4.69) is 48.6 Å². The highest BCUT2D eigenvalue weighted by atomic mass is 16.5. The normalized spacial score (nSPS) is 12.3. The van der Waals surface area contributed by atoms with Gasteiger partial charge >= 0.3 is 0 Å². The van der Waals surface area contributed by atoms with Gasteiger partial charge in [0.1, 0.15) is 0 Å². The monoisotopic (exact) mass is 255 g/mol. The van der Waals surface area contributed by atoms with Gasteiger partial charge in [-0.15, -0.1) is 0 Å². The fourth-order valence-electron chi connectivity index (χ4n) is 1.89. The minimum atomic E-state index is 0.212. The maximum atomic E-state index is 5.80. The van der Waals surface area contributed by atoms with Gasteiger partial charge in [0.15, 0.2) is 0 Å².